The molecular weight excluding hydrogens is 408 g/mol. The molecule has 0 aliphatic heterocycles. The van der Waals surface area contributed by atoms with Gasteiger partial charge < -0.3 is 26.6 Å². The number of aliphatic hydroxyl groups is 2. The number of hydrazine groups is 1. The molecule has 10 N–H and O–H groups in total. The Morgan fingerprint density at radius 2 is 1.44 bits per heavy atom. The van der Waals surface area contributed by atoms with Crippen LogP contribution in [0.4, 0.5) is 0 Å². The summed E-state index contributed by atoms with van der Waals surface area (Å²) in [4.78, 5) is 12.1. The van der Waals surface area contributed by atoms with Gasteiger partial charge in [-0.2, -0.15) is 0 Å². The SMILES string of the molecule is NCNCCCCCCNC(O)CCC(CCCO)CCC(=O)NCCCCCCNN. The van der Waals surface area contributed by atoms with E-state index in [1.165, 1.54) is 6.42 Å². The summed E-state index contributed by atoms with van der Waals surface area (Å²) in [6.45, 7) is 4.04. The maximum absolute atomic E-state index is 12.1. The first-order valence-electron chi connectivity index (χ1n) is 12.8. The summed E-state index contributed by atoms with van der Waals surface area (Å²) in [6, 6.07) is 0. The average Bonchev–Trinajstić information content (AvgIpc) is 2.79. The molecular formula is C23H52N6O3. The van der Waals surface area contributed by atoms with Gasteiger partial charge in [-0.25, -0.2) is 0 Å². The summed E-state index contributed by atoms with van der Waals surface area (Å²) in [6.07, 6.45) is 12.7. The van der Waals surface area contributed by atoms with E-state index in [9.17, 15) is 9.90 Å². The lowest BCUT2D eigenvalue weighted by molar-refractivity contribution is -0.121. The van der Waals surface area contributed by atoms with E-state index in [4.69, 9.17) is 16.7 Å². The molecule has 2 unspecified atom stereocenters. The molecule has 0 radical (unpaired) electrons. The van der Waals surface area contributed by atoms with Crippen molar-refractivity contribution < 1.29 is 15.0 Å². The molecule has 0 aromatic carbocycles. The number of unbranched alkanes of at least 4 members (excludes halogenated alkanes) is 6. The Labute approximate surface area is 195 Å². The number of carbonyl (C=O) groups excluding carboxylic acids is 1. The van der Waals surface area contributed by atoms with Gasteiger partial charge in [-0.1, -0.05) is 25.7 Å². The van der Waals surface area contributed by atoms with Crippen molar-refractivity contribution in [3.05, 3.63) is 0 Å². The fourth-order valence-electron chi connectivity index (χ4n) is 3.76. The fraction of sp³-hybridized carbons (Fsp3) is 0.957. The lowest BCUT2D eigenvalue weighted by Gasteiger charge is -2.19. The highest BCUT2D eigenvalue weighted by atomic mass is 16.3. The standard InChI is InChI=1S/C23H52N6O3/c24-20-26-15-5-1-2-6-16-27-22(31)13-11-21(10-9-19-30)12-14-23(32)28-17-7-3-4-8-18-29-25/h21-22,26-27,29-31H,1-20,24-25H2,(H,28,32). The maximum Gasteiger partial charge on any atom is 0.220 e. The van der Waals surface area contributed by atoms with E-state index in [-0.39, 0.29) is 12.5 Å². The minimum Gasteiger partial charge on any atom is -0.396 e. The highest BCUT2D eigenvalue weighted by molar-refractivity contribution is 5.75. The second kappa shape index (κ2) is 24.8. The molecule has 0 aliphatic rings. The van der Waals surface area contributed by atoms with Crippen molar-refractivity contribution in [3.8, 4) is 0 Å². The average molecular weight is 461 g/mol. The molecule has 0 bridgehead atoms. The smallest absolute Gasteiger partial charge is 0.220 e. The van der Waals surface area contributed by atoms with Crippen LogP contribution in [-0.4, -0.2) is 61.8 Å². The summed E-state index contributed by atoms with van der Waals surface area (Å²) < 4.78 is 0. The third-order valence-corrected chi connectivity index (χ3v) is 5.77. The summed E-state index contributed by atoms with van der Waals surface area (Å²) in [7, 11) is 0. The number of amides is 1. The van der Waals surface area contributed by atoms with Crippen LogP contribution < -0.4 is 33.0 Å². The quantitative estimate of drug-likeness (QED) is 0.0434. The van der Waals surface area contributed by atoms with Crippen LogP contribution in [0.2, 0.25) is 0 Å². The zero-order chi connectivity index (χ0) is 23.7. The second-order valence-corrected chi connectivity index (χ2v) is 8.65. The molecule has 2 atom stereocenters. The first kappa shape index (κ1) is 31.2. The number of nitrogens with two attached hydrogens (primary N) is 2. The van der Waals surface area contributed by atoms with Crippen LogP contribution in [0, 0.1) is 5.92 Å². The molecule has 0 rings (SSSR count). The van der Waals surface area contributed by atoms with E-state index >= 15 is 0 Å². The van der Waals surface area contributed by atoms with Gasteiger partial charge in [0.15, 0.2) is 0 Å². The highest BCUT2D eigenvalue weighted by Crippen LogP contribution is 2.20. The van der Waals surface area contributed by atoms with Crippen molar-refractivity contribution in [2.45, 2.75) is 96.1 Å². The zero-order valence-corrected chi connectivity index (χ0v) is 20.3. The molecule has 0 saturated carbocycles. The summed E-state index contributed by atoms with van der Waals surface area (Å²) in [5.41, 5.74) is 8.04. The molecule has 0 aromatic heterocycles. The molecule has 0 spiro atoms. The van der Waals surface area contributed by atoms with Crippen molar-refractivity contribution >= 4 is 5.91 Å². The van der Waals surface area contributed by atoms with Gasteiger partial charge in [-0.3, -0.25) is 21.4 Å². The number of nitrogens with one attached hydrogen (secondary N) is 4. The van der Waals surface area contributed by atoms with Crippen molar-refractivity contribution in [2.24, 2.45) is 17.5 Å². The first-order chi connectivity index (χ1) is 15.6. The van der Waals surface area contributed by atoms with E-state index in [0.29, 0.717) is 25.4 Å². The monoisotopic (exact) mass is 460 g/mol. The van der Waals surface area contributed by atoms with Gasteiger partial charge in [0.25, 0.3) is 0 Å². The van der Waals surface area contributed by atoms with E-state index < -0.39 is 6.23 Å². The molecule has 0 heterocycles. The number of hydrogen-bond acceptors (Lipinski definition) is 8. The molecule has 0 saturated heterocycles. The Morgan fingerprint density at radius 1 is 0.781 bits per heavy atom. The Morgan fingerprint density at radius 3 is 2.09 bits per heavy atom. The van der Waals surface area contributed by atoms with Gasteiger partial charge in [0.05, 0.1) is 0 Å². The van der Waals surface area contributed by atoms with Crippen molar-refractivity contribution in [1.29, 1.82) is 0 Å². The van der Waals surface area contributed by atoms with Gasteiger partial charge in [0, 0.05) is 32.8 Å². The van der Waals surface area contributed by atoms with Crippen LogP contribution in [0.1, 0.15) is 89.9 Å². The lowest BCUT2D eigenvalue weighted by atomic mass is 9.92. The van der Waals surface area contributed by atoms with Crippen LogP contribution in [0.15, 0.2) is 0 Å². The number of rotatable bonds is 25. The van der Waals surface area contributed by atoms with E-state index in [2.05, 4.69) is 21.4 Å². The first-order valence-corrected chi connectivity index (χ1v) is 12.8. The normalized spacial score (nSPS) is 13.2. The predicted octanol–water partition coefficient (Wildman–Crippen LogP) is 1.05. The Hall–Kier alpha value is -0.810. The maximum atomic E-state index is 12.1. The fourth-order valence-corrected chi connectivity index (χ4v) is 3.76. The predicted molar refractivity (Wildman–Crippen MR) is 131 cm³/mol. The van der Waals surface area contributed by atoms with Crippen molar-refractivity contribution in [2.75, 3.05) is 39.5 Å². The van der Waals surface area contributed by atoms with Gasteiger partial charge >= 0.3 is 0 Å². The molecule has 0 aliphatic carbocycles. The molecule has 192 valence electrons. The molecule has 32 heavy (non-hydrogen) atoms. The van der Waals surface area contributed by atoms with E-state index in [1.807, 2.05) is 0 Å². The Bertz CT molecular complexity index is 404. The highest BCUT2D eigenvalue weighted by Gasteiger charge is 2.14. The molecule has 0 aromatic rings. The van der Waals surface area contributed by atoms with Gasteiger partial charge in [-0.15, -0.1) is 0 Å². The van der Waals surface area contributed by atoms with E-state index in [1.54, 1.807) is 0 Å². The van der Waals surface area contributed by atoms with E-state index in [0.717, 1.165) is 96.8 Å². The van der Waals surface area contributed by atoms with Crippen molar-refractivity contribution in [3.63, 3.8) is 0 Å². The van der Waals surface area contributed by atoms with Crippen LogP contribution in [0.25, 0.3) is 0 Å². The van der Waals surface area contributed by atoms with Crippen LogP contribution in [-0.2, 0) is 4.79 Å². The lowest BCUT2D eigenvalue weighted by Crippen LogP contribution is -2.30. The topological polar surface area (TPSA) is 158 Å². The second-order valence-electron chi connectivity index (χ2n) is 8.65. The van der Waals surface area contributed by atoms with Crippen LogP contribution >= 0.6 is 0 Å². The number of hydrogen-bond donors (Lipinski definition) is 8. The number of carbonyl (C=O) groups is 1. The molecule has 1 amide bonds. The Kier molecular flexibility index (Phi) is 24.2. The van der Waals surface area contributed by atoms with Gasteiger partial charge in [-0.05, 0) is 76.8 Å². The molecule has 9 nitrogen and oxygen atoms in total. The molecule has 9 heteroatoms. The van der Waals surface area contributed by atoms with Gasteiger partial charge in [0.1, 0.15) is 6.23 Å². The zero-order valence-electron chi connectivity index (χ0n) is 20.3. The van der Waals surface area contributed by atoms with Crippen molar-refractivity contribution in [1.82, 2.24) is 21.4 Å². The minimum atomic E-state index is -0.506. The third-order valence-electron chi connectivity index (χ3n) is 5.77. The van der Waals surface area contributed by atoms with Gasteiger partial charge in [0.2, 0.25) is 5.91 Å². The number of aliphatic hydroxyl groups excluding tert-OH is 2. The third kappa shape index (κ3) is 22.4. The minimum absolute atomic E-state index is 0.1000. The van der Waals surface area contributed by atoms with Crippen LogP contribution in [0.3, 0.4) is 0 Å². The summed E-state index contributed by atoms with van der Waals surface area (Å²) in [5.74, 6) is 5.69. The molecule has 0 fully saturated rings. The summed E-state index contributed by atoms with van der Waals surface area (Å²) >= 11 is 0. The largest absolute Gasteiger partial charge is 0.396 e. The summed E-state index contributed by atoms with van der Waals surface area (Å²) in [5, 5.41) is 28.7. The Balaban J connectivity index is 3.85. The van der Waals surface area contributed by atoms with Crippen LogP contribution in [0.5, 0.6) is 0 Å².